The zero-order chi connectivity index (χ0) is 16.1. The summed E-state index contributed by atoms with van der Waals surface area (Å²) >= 11 is 6.09. The van der Waals surface area contributed by atoms with Crippen LogP contribution in [-0.4, -0.2) is 43.2 Å². The Morgan fingerprint density at radius 3 is 2.50 bits per heavy atom. The number of halogens is 1. The van der Waals surface area contributed by atoms with Crippen LogP contribution in [0, 0.1) is 0 Å². The number of hydrogen-bond acceptors (Lipinski definition) is 4. The van der Waals surface area contributed by atoms with Crippen LogP contribution in [0.3, 0.4) is 0 Å². The van der Waals surface area contributed by atoms with Crippen LogP contribution in [0.2, 0.25) is 0 Å². The molecular weight excluding hydrogens is 306 g/mol. The summed E-state index contributed by atoms with van der Waals surface area (Å²) in [4.78, 5) is 24.4. The van der Waals surface area contributed by atoms with Gasteiger partial charge in [-0.25, -0.2) is 9.21 Å². The number of fused-ring (bicyclic) bond motifs is 1. The highest BCUT2D eigenvalue weighted by Crippen LogP contribution is 2.22. The molecule has 0 saturated carbocycles. The van der Waals surface area contributed by atoms with E-state index in [1.165, 1.54) is 14.2 Å². The summed E-state index contributed by atoms with van der Waals surface area (Å²) in [5.41, 5.74) is 0.415. The molecule has 0 aromatic heterocycles. The van der Waals surface area contributed by atoms with Crippen LogP contribution in [0.25, 0.3) is 10.8 Å². The Hall–Kier alpha value is -2.11. The SMILES string of the molecule is COCC(C(=O)OC)N(Cl)C(=O)c1cccc2ccccc12. The first-order valence-corrected chi connectivity index (χ1v) is 6.97. The second kappa shape index (κ2) is 7.24. The second-order valence-electron chi connectivity index (χ2n) is 4.64. The highest BCUT2D eigenvalue weighted by Gasteiger charge is 2.31. The van der Waals surface area contributed by atoms with Gasteiger partial charge < -0.3 is 9.47 Å². The van der Waals surface area contributed by atoms with Gasteiger partial charge in [-0.05, 0) is 16.8 Å². The fourth-order valence-corrected chi connectivity index (χ4v) is 2.42. The smallest absolute Gasteiger partial charge is 0.332 e. The maximum atomic E-state index is 12.6. The van der Waals surface area contributed by atoms with E-state index < -0.39 is 17.9 Å². The van der Waals surface area contributed by atoms with Crippen molar-refractivity contribution in [3.05, 3.63) is 48.0 Å². The lowest BCUT2D eigenvalue weighted by molar-refractivity contribution is -0.146. The highest BCUT2D eigenvalue weighted by atomic mass is 35.5. The summed E-state index contributed by atoms with van der Waals surface area (Å²) in [7, 11) is 2.65. The summed E-state index contributed by atoms with van der Waals surface area (Å²) in [5, 5.41) is 1.68. The van der Waals surface area contributed by atoms with E-state index in [4.69, 9.17) is 16.5 Å². The van der Waals surface area contributed by atoms with Crippen molar-refractivity contribution in [1.82, 2.24) is 4.42 Å². The first kappa shape index (κ1) is 16.3. The fraction of sp³-hybridized carbons (Fsp3) is 0.250. The molecule has 5 nitrogen and oxygen atoms in total. The zero-order valence-corrected chi connectivity index (χ0v) is 13.0. The van der Waals surface area contributed by atoms with Crippen molar-refractivity contribution >= 4 is 34.4 Å². The number of esters is 1. The number of methoxy groups -OCH3 is 2. The number of hydrogen-bond donors (Lipinski definition) is 0. The van der Waals surface area contributed by atoms with Gasteiger partial charge in [0.05, 0.1) is 13.7 Å². The largest absolute Gasteiger partial charge is 0.467 e. The van der Waals surface area contributed by atoms with E-state index in [0.717, 1.165) is 15.2 Å². The Morgan fingerprint density at radius 1 is 1.14 bits per heavy atom. The van der Waals surface area contributed by atoms with E-state index >= 15 is 0 Å². The molecule has 0 aliphatic heterocycles. The third kappa shape index (κ3) is 3.21. The maximum absolute atomic E-state index is 12.6. The van der Waals surface area contributed by atoms with Crippen LogP contribution < -0.4 is 0 Å². The Morgan fingerprint density at radius 2 is 1.82 bits per heavy atom. The lowest BCUT2D eigenvalue weighted by Crippen LogP contribution is -2.42. The minimum absolute atomic E-state index is 0.0489. The maximum Gasteiger partial charge on any atom is 0.332 e. The van der Waals surface area contributed by atoms with Gasteiger partial charge in [0.2, 0.25) is 0 Å². The molecule has 2 rings (SSSR count). The number of ether oxygens (including phenoxy) is 2. The van der Waals surface area contributed by atoms with Gasteiger partial charge in [-0.3, -0.25) is 4.79 Å². The van der Waals surface area contributed by atoms with Gasteiger partial charge >= 0.3 is 5.97 Å². The average molecular weight is 322 g/mol. The van der Waals surface area contributed by atoms with Crippen LogP contribution in [0.4, 0.5) is 0 Å². The summed E-state index contributed by atoms with van der Waals surface area (Å²) in [6.07, 6.45) is 0. The molecule has 6 heteroatoms. The third-order valence-electron chi connectivity index (χ3n) is 3.29. The number of carbonyl (C=O) groups excluding carboxylic acids is 2. The molecule has 0 aliphatic rings. The molecule has 0 spiro atoms. The van der Waals surface area contributed by atoms with Gasteiger partial charge in [0, 0.05) is 24.4 Å². The molecule has 0 fully saturated rings. The number of benzene rings is 2. The summed E-state index contributed by atoms with van der Waals surface area (Å²) < 4.78 is 10.4. The molecule has 0 N–H and O–H groups in total. The van der Waals surface area contributed by atoms with Crippen LogP contribution in [-0.2, 0) is 14.3 Å². The minimum Gasteiger partial charge on any atom is -0.467 e. The van der Waals surface area contributed by atoms with Gasteiger partial charge in [0.1, 0.15) is 0 Å². The molecule has 1 amide bonds. The van der Waals surface area contributed by atoms with Crippen LogP contribution in [0.1, 0.15) is 10.4 Å². The molecule has 0 bridgehead atoms. The zero-order valence-electron chi connectivity index (χ0n) is 12.3. The Bertz CT molecular complexity index is 683. The van der Waals surface area contributed by atoms with E-state index in [9.17, 15) is 9.59 Å². The lowest BCUT2D eigenvalue weighted by Gasteiger charge is -2.23. The van der Waals surface area contributed by atoms with Gasteiger partial charge in [-0.1, -0.05) is 36.4 Å². The first-order chi connectivity index (χ1) is 10.6. The Labute approximate surface area is 133 Å². The van der Waals surface area contributed by atoms with E-state index in [1.807, 2.05) is 30.3 Å². The molecule has 22 heavy (non-hydrogen) atoms. The normalized spacial score (nSPS) is 12.0. The quantitative estimate of drug-likeness (QED) is 0.627. The Kier molecular flexibility index (Phi) is 5.35. The van der Waals surface area contributed by atoms with Crippen LogP contribution >= 0.6 is 11.8 Å². The standard InChI is InChI=1S/C16H16ClNO4/c1-21-10-14(16(20)22-2)18(17)15(19)13-9-5-7-11-6-3-4-8-12(11)13/h3-9,14H,10H2,1-2H3. The number of nitrogens with zero attached hydrogens (tertiary/aromatic N) is 1. The molecule has 1 unspecified atom stereocenters. The monoisotopic (exact) mass is 321 g/mol. The predicted octanol–water partition coefficient (Wildman–Crippen LogP) is 2.62. The minimum atomic E-state index is -1.01. The van der Waals surface area contributed by atoms with E-state index in [-0.39, 0.29) is 6.61 Å². The van der Waals surface area contributed by atoms with E-state index in [1.54, 1.807) is 12.1 Å². The fourth-order valence-electron chi connectivity index (χ4n) is 2.19. The molecule has 0 radical (unpaired) electrons. The molecule has 116 valence electrons. The van der Waals surface area contributed by atoms with Crippen molar-refractivity contribution in [3.63, 3.8) is 0 Å². The molecule has 1 atom stereocenters. The topological polar surface area (TPSA) is 55.8 Å². The van der Waals surface area contributed by atoms with Crippen molar-refractivity contribution in [2.45, 2.75) is 6.04 Å². The second-order valence-corrected chi connectivity index (χ2v) is 5.00. The molecular formula is C16H16ClNO4. The van der Waals surface area contributed by atoms with E-state index in [0.29, 0.717) is 5.56 Å². The number of carbonyl (C=O) groups is 2. The van der Waals surface area contributed by atoms with Crippen LogP contribution in [0.15, 0.2) is 42.5 Å². The summed E-state index contributed by atoms with van der Waals surface area (Å²) in [5.74, 6) is -1.11. The van der Waals surface area contributed by atoms with Gasteiger partial charge in [0.15, 0.2) is 6.04 Å². The van der Waals surface area contributed by atoms with E-state index in [2.05, 4.69) is 4.74 Å². The lowest BCUT2D eigenvalue weighted by atomic mass is 10.0. The van der Waals surface area contributed by atoms with Crippen molar-refractivity contribution in [2.24, 2.45) is 0 Å². The molecule has 0 aliphatic carbocycles. The molecule has 2 aromatic rings. The molecule has 2 aromatic carbocycles. The number of rotatable bonds is 5. The summed E-state index contributed by atoms with van der Waals surface area (Å²) in [6.45, 7) is -0.0489. The summed E-state index contributed by atoms with van der Waals surface area (Å²) in [6, 6.07) is 11.8. The third-order valence-corrected chi connectivity index (χ3v) is 3.67. The first-order valence-electron chi connectivity index (χ1n) is 6.64. The predicted molar refractivity (Wildman–Crippen MR) is 83.7 cm³/mol. The Balaban J connectivity index is 2.38. The molecule has 0 heterocycles. The molecule has 0 saturated heterocycles. The van der Waals surface area contributed by atoms with Gasteiger partial charge in [-0.2, -0.15) is 0 Å². The van der Waals surface area contributed by atoms with Gasteiger partial charge in [0.25, 0.3) is 5.91 Å². The van der Waals surface area contributed by atoms with Gasteiger partial charge in [-0.15, -0.1) is 0 Å². The van der Waals surface area contributed by atoms with Crippen molar-refractivity contribution in [1.29, 1.82) is 0 Å². The average Bonchev–Trinajstić information content (AvgIpc) is 2.57. The van der Waals surface area contributed by atoms with Crippen molar-refractivity contribution in [2.75, 3.05) is 20.8 Å². The highest BCUT2D eigenvalue weighted by molar-refractivity contribution is 6.27. The van der Waals surface area contributed by atoms with Crippen molar-refractivity contribution < 1.29 is 19.1 Å². The number of amides is 1. The van der Waals surface area contributed by atoms with Crippen molar-refractivity contribution in [3.8, 4) is 0 Å². The van der Waals surface area contributed by atoms with Crippen LogP contribution in [0.5, 0.6) is 0 Å².